The maximum atomic E-state index is 12.2. The normalized spacial score (nSPS) is 11.7. The summed E-state index contributed by atoms with van der Waals surface area (Å²) in [6.45, 7) is 0. The van der Waals surface area contributed by atoms with Gasteiger partial charge in [0.15, 0.2) is 5.69 Å². The molecule has 0 aliphatic heterocycles. The molecule has 100 valence electrons. The van der Waals surface area contributed by atoms with Gasteiger partial charge in [0.05, 0.1) is 11.0 Å². The molecule has 0 aromatic carbocycles. The largest absolute Gasteiger partial charge is 0.574 e. The summed E-state index contributed by atoms with van der Waals surface area (Å²) in [6.07, 6.45) is -8.75. The van der Waals surface area contributed by atoms with Crippen LogP contribution < -0.4 is 4.74 Å². The predicted molar refractivity (Wildman–Crippen MR) is 44.2 cm³/mol. The van der Waals surface area contributed by atoms with Crippen LogP contribution in [0.5, 0.6) is 11.6 Å². The van der Waals surface area contributed by atoms with Crippen molar-refractivity contribution in [1.82, 2.24) is 4.98 Å². The fourth-order valence-corrected chi connectivity index (χ4v) is 0.965. The Bertz CT molecular complexity index is 476. The summed E-state index contributed by atoms with van der Waals surface area (Å²) in [7, 11) is 0. The molecule has 1 heterocycles. The van der Waals surface area contributed by atoms with E-state index in [0.717, 1.165) is 0 Å². The van der Waals surface area contributed by atoms with Gasteiger partial charge in [-0.05, 0) is 0 Å². The molecule has 1 rings (SSSR count). The monoisotopic (exact) mass is 274 g/mol. The maximum absolute atomic E-state index is 12.2. The minimum absolute atomic E-state index is 0.107. The maximum Gasteiger partial charge on any atom is 0.574 e. The van der Waals surface area contributed by atoms with E-state index in [1.54, 1.807) is 0 Å². The molecule has 18 heavy (non-hydrogen) atoms. The van der Waals surface area contributed by atoms with Crippen molar-refractivity contribution >= 4 is 5.69 Å². The summed E-state index contributed by atoms with van der Waals surface area (Å²) in [6, 6.07) is 0.107. The van der Waals surface area contributed by atoms with Crippen molar-refractivity contribution in [3.63, 3.8) is 0 Å². The van der Waals surface area contributed by atoms with Crippen LogP contribution in [0.3, 0.4) is 0 Å². The lowest BCUT2D eigenvalue weighted by Gasteiger charge is -2.10. The zero-order chi connectivity index (χ0) is 14.1. The van der Waals surface area contributed by atoms with Crippen molar-refractivity contribution in [2.75, 3.05) is 0 Å². The molecule has 0 saturated carbocycles. The van der Waals surface area contributed by atoms with Crippen LogP contribution in [0.25, 0.3) is 0 Å². The zero-order valence-electron chi connectivity index (χ0n) is 8.11. The van der Waals surface area contributed by atoms with Gasteiger partial charge in [0.1, 0.15) is 5.75 Å². The number of aromatic nitrogens is 1. The van der Waals surface area contributed by atoms with Crippen molar-refractivity contribution in [2.24, 2.45) is 0 Å². The molecule has 6 nitrogen and oxygen atoms in total. The van der Waals surface area contributed by atoms with Crippen molar-refractivity contribution < 1.29 is 36.7 Å². The first kappa shape index (κ1) is 13.9. The van der Waals surface area contributed by atoms with E-state index in [4.69, 9.17) is 5.11 Å². The highest BCUT2D eigenvalue weighted by Gasteiger charge is 2.37. The number of alkyl halides is 5. The third-order valence-electron chi connectivity index (χ3n) is 1.59. The molecule has 1 aromatic heterocycles. The van der Waals surface area contributed by atoms with Gasteiger partial charge in [-0.3, -0.25) is 10.1 Å². The minimum Gasteiger partial charge on any atom is -0.506 e. The van der Waals surface area contributed by atoms with Gasteiger partial charge in [-0.15, -0.1) is 13.2 Å². The fraction of sp³-hybridized carbons (Fsp3) is 0.286. The number of hydrogen-bond acceptors (Lipinski definition) is 5. The van der Waals surface area contributed by atoms with Crippen LogP contribution >= 0.6 is 0 Å². The van der Waals surface area contributed by atoms with Gasteiger partial charge in [-0.2, -0.15) is 0 Å². The molecule has 0 spiro atoms. The predicted octanol–water partition coefficient (Wildman–Crippen LogP) is 2.53. The van der Waals surface area contributed by atoms with E-state index in [0.29, 0.717) is 0 Å². The Labute approximate surface area is 94.8 Å². The first-order valence-corrected chi connectivity index (χ1v) is 4.04. The van der Waals surface area contributed by atoms with Gasteiger partial charge in [-0.1, -0.05) is 0 Å². The zero-order valence-corrected chi connectivity index (χ0v) is 8.11. The SMILES string of the molecule is O=[N+]([O-])c1cc(O)c(C(F)F)nc1OC(F)(F)F. The molecule has 0 aliphatic rings. The summed E-state index contributed by atoms with van der Waals surface area (Å²) in [5, 5.41) is 19.3. The topological polar surface area (TPSA) is 85.5 Å². The number of pyridine rings is 1. The Morgan fingerprint density at radius 2 is 2.00 bits per heavy atom. The van der Waals surface area contributed by atoms with Crippen molar-refractivity contribution in [1.29, 1.82) is 0 Å². The van der Waals surface area contributed by atoms with Crippen LogP contribution in [0.2, 0.25) is 0 Å². The Morgan fingerprint density at radius 3 is 2.39 bits per heavy atom. The second-order valence-corrected chi connectivity index (χ2v) is 2.82. The third kappa shape index (κ3) is 3.15. The molecule has 0 aliphatic carbocycles. The first-order valence-electron chi connectivity index (χ1n) is 4.04. The Hall–Kier alpha value is -2.20. The highest BCUT2D eigenvalue weighted by molar-refractivity contribution is 5.48. The molecule has 0 radical (unpaired) electrons. The first-order chi connectivity index (χ1) is 8.11. The van der Waals surface area contributed by atoms with Crippen LogP contribution in [0.1, 0.15) is 12.1 Å². The summed E-state index contributed by atoms with van der Waals surface area (Å²) in [5.41, 5.74) is -2.82. The molecule has 0 unspecified atom stereocenters. The highest BCUT2D eigenvalue weighted by atomic mass is 19.4. The van der Waals surface area contributed by atoms with E-state index in [9.17, 15) is 32.1 Å². The minimum atomic E-state index is -5.34. The number of hydrogen-bond donors (Lipinski definition) is 1. The van der Waals surface area contributed by atoms with Crippen LogP contribution in [-0.4, -0.2) is 21.4 Å². The molecule has 1 N–H and O–H groups in total. The number of halogens is 5. The molecule has 0 saturated heterocycles. The van der Waals surface area contributed by atoms with E-state index in [1.165, 1.54) is 0 Å². The van der Waals surface area contributed by atoms with Crippen molar-refractivity contribution in [3.05, 3.63) is 21.9 Å². The van der Waals surface area contributed by atoms with Crippen LogP contribution in [0.4, 0.5) is 27.6 Å². The van der Waals surface area contributed by atoms with Gasteiger partial charge in [0, 0.05) is 0 Å². The summed E-state index contributed by atoms with van der Waals surface area (Å²) in [5.74, 6) is -2.97. The molecule has 0 fully saturated rings. The lowest BCUT2D eigenvalue weighted by atomic mass is 10.3. The van der Waals surface area contributed by atoms with Crippen LogP contribution in [0, 0.1) is 10.1 Å². The molecular weight excluding hydrogens is 271 g/mol. The Morgan fingerprint density at radius 1 is 1.44 bits per heavy atom. The van der Waals surface area contributed by atoms with Crippen LogP contribution in [0.15, 0.2) is 6.07 Å². The Kier molecular flexibility index (Phi) is 3.53. The van der Waals surface area contributed by atoms with E-state index < -0.39 is 40.7 Å². The van der Waals surface area contributed by atoms with Crippen molar-refractivity contribution in [2.45, 2.75) is 12.8 Å². The smallest absolute Gasteiger partial charge is 0.506 e. The number of ether oxygens (including phenoxy) is 1. The number of aromatic hydroxyl groups is 1. The van der Waals surface area contributed by atoms with E-state index >= 15 is 0 Å². The molecule has 0 amide bonds. The number of rotatable bonds is 3. The number of nitrogens with zero attached hydrogens (tertiary/aromatic N) is 2. The lowest BCUT2D eigenvalue weighted by molar-refractivity contribution is -0.389. The highest BCUT2D eigenvalue weighted by Crippen LogP contribution is 2.37. The molecule has 0 bridgehead atoms. The number of nitro groups is 1. The van der Waals surface area contributed by atoms with E-state index in [1.807, 2.05) is 0 Å². The summed E-state index contributed by atoms with van der Waals surface area (Å²) in [4.78, 5) is 11.6. The average molecular weight is 274 g/mol. The quantitative estimate of drug-likeness (QED) is 0.520. The summed E-state index contributed by atoms with van der Waals surface area (Å²) >= 11 is 0. The van der Waals surface area contributed by atoms with Gasteiger partial charge < -0.3 is 9.84 Å². The third-order valence-corrected chi connectivity index (χ3v) is 1.59. The average Bonchev–Trinajstić information content (AvgIpc) is 2.17. The van der Waals surface area contributed by atoms with Crippen LogP contribution in [-0.2, 0) is 0 Å². The van der Waals surface area contributed by atoms with Gasteiger partial charge in [0.2, 0.25) is 0 Å². The molecule has 11 heteroatoms. The second kappa shape index (κ2) is 4.58. The Balaban J connectivity index is 3.35. The molecule has 0 atom stereocenters. The second-order valence-electron chi connectivity index (χ2n) is 2.82. The van der Waals surface area contributed by atoms with E-state index in [-0.39, 0.29) is 6.07 Å². The summed E-state index contributed by atoms with van der Waals surface area (Å²) < 4.78 is 63.3. The molecular formula is C7H3F5N2O4. The van der Waals surface area contributed by atoms with Crippen molar-refractivity contribution in [3.8, 4) is 11.6 Å². The van der Waals surface area contributed by atoms with E-state index in [2.05, 4.69) is 9.72 Å². The lowest BCUT2D eigenvalue weighted by Crippen LogP contribution is -2.19. The standard InChI is InChI=1S/C7H3F5N2O4/c8-5(9)4-3(15)1-2(14(16)17)6(13-4)18-7(10,11)12/h1,5,15H. The van der Waals surface area contributed by atoms with Gasteiger partial charge >= 0.3 is 17.9 Å². The van der Waals surface area contributed by atoms with Gasteiger partial charge in [-0.25, -0.2) is 13.8 Å². The van der Waals surface area contributed by atoms with Gasteiger partial charge in [0.25, 0.3) is 6.43 Å². The molecule has 1 aromatic rings. The fourth-order valence-electron chi connectivity index (χ4n) is 0.965.